The summed E-state index contributed by atoms with van der Waals surface area (Å²) in [6.07, 6.45) is 6.98. The van der Waals surface area contributed by atoms with E-state index in [0.29, 0.717) is 6.10 Å². The lowest BCUT2D eigenvalue weighted by Crippen LogP contribution is -2.42. The van der Waals surface area contributed by atoms with Gasteiger partial charge in [-0.25, -0.2) is 0 Å². The number of rotatable bonds is 8. The van der Waals surface area contributed by atoms with Gasteiger partial charge in [-0.15, -0.1) is 0 Å². The van der Waals surface area contributed by atoms with Crippen molar-refractivity contribution in [3.8, 4) is 0 Å². The second-order valence-corrected chi connectivity index (χ2v) is 6.85. The van der Waals surface area contributed by atoms with Gasteiger partial charge in [-0.1, -0.05) is 20.8 Å². The van der Waals surface area contributed by atoms with Gasteiger partial charge in [0.25, 0.3) is 0 Å². The van der Waals surface area contributed by atoms with Crippen molar-refractivity contribution in [3.63, 3.8) is 0 Å². The smallest absolute Gasteiger partial charge is 0.0518 e. The fraction of sp³-hybridized carbons (Fsp3) is 1.00. The largest absolute Gasteiger partial charge is 0.379 e. The predicted molar refractivity (Wildman–Crippen MR) is 83.5 cm³/mol. The van der Waals surface area contributed by atoms with E-state index in [1.807, 2.05) is 0 Å². The Bertz CT molecular complexity index is 227. The van der Waals surface area contributed by atoms with Gasteiger partial charge in [0.2, 0.25) is 0 Å². The van der Waals surface area contributed by atoms with Gasteiger partial charge in [-0.05, 0) is 70.3 Å². The summed E-state index contributed by atoms with van der Waals surface area (Å²) in [6, 6.07) is 0.728. The van der Waals surface area contributed by atoms with Crippen LogP contribution in [0.2, 0.25) is 0 Å². The molecule has 0 aromatic heterocycles. The average molecular weight is 269 g/mol. The molecule has 0 radical (unpaired) electrons. The Kier molecular flexibility index (Phi) is 8.01. The topological polar surface area (TPSA) is 21.3 Å². The molecule has 0 aromatic carbocycles. The van der Waals surface area contributed by atoms with E-state index in [2.05, 4.69) is 39.9 Å². The van der Waals surface area contributed by atoms with Crippen LogP contribution in [0, 0.1) is 17.8 Å². The Hall–Kier alpha value is -0.0800. The van der Waals surface area contributed by atoms with Crippen molar-refractivity contribution in [1.29, 1.82) is 0 Å². The first-order valence-electron chi connectivity index (χ1n) is 8.39. The number of hydrogen-bond acceptors (Lipinski definition) is 2. The van der Waals surface area contributed by atoms with E-state index in [1.54, 1.807) is 0 Å². The van der Waals surface area contributed by atoms with Crippen molar-refractivity contribution < 1.29 is 4.74 Å². The monoisotopic (exact) mass is 269 g/mol. The molecule has 1 N–H and O–H groups in total. The molecule has 19 heavy (non-hydrogen) atoms. The molecule has 0 spiro atoms. The van der Waals surface area contributed by atoms with Crippen LogP contribution in [-0.2, 0) is 4.74 Å². The predicted octanol–water partition coefficient (Wildman–Crippen LogP) is 4.24. The first-order chi connectivity index (χ1) is 9.04. The van der Waals surface area contributed by atoms with E-state index in [9.17, 15) is 0 Å². The van der Waals surface area contributed by atoms with Crippen LogP contribution in [0.1, 0.15) is 66.7 Å². The quantitative estimate of drug-likeness (QED) is 0.711. The summed E-state index contributed by atoms with van der Waals surface area (Å²) in [5.74, 6) is 2.57. The molecule has 0 saturated heterocycles. The molecule has 114 valence electrons. The van der Waals surface area contributed by atoms with Crippen molar-refractivity contribution in [2.24, 2.45) is 17.8 Å². The lowest BCUT2D eigenvalue weighted by atomic mass is 9.72. The van der Waals surface area contributed by atoms with Crippen LogP contribution in [0.25, 0.3) is 0 Å². The minimum atomic E-state index is 0.367. The molecule has 2 nitrogen and oxygen atoms in total. The highest BCUT2D eigenvalue weighted by Gasteiger charge is 2.31. The molecule has 1 saturated carbocycles. The Labute approximate surface area is 120 Å². The maximum Gasteiger partial charge on any atom is 0.0518 e. The summed E-state index contributed by atoms with van der Waals surface area (Å²) in [6.45, 7) is 13.4. The highest BCUT2D eigenvalue weighted by molar-refractivity contribution is 4.85. The van der Waals surface area contributed by atoms with Crippen LogP contribution in [0.3, 0.4) is 0 Å². The maximum absolute atomic E-state index is 5.77. The van der Waals surface area contributed by atoms with Gasteiger partial charge >= 0.3 is 0 Å². The molecule has 3 unspecified atom stereocenters. The lowest BCUT2D eigenvalue weighted by molar-refractivity contribution is 0.0524. The van der Waals surface area contributed by atoms with Gasteiger partial charge in [-0.2, -0.15) is 0 Å². The van der Waals surface area contributed by atoms with Crippen LogP contribution in [0.4, 0.5) is 0 Å². The molecule has 1 aliphatic carbocycles. The summed E-state index contributed by atoms with van der Waals surface area (Å²) in [5, 5.41) is 3.76. The second kappa shape index (κ2) is 8.97. The summed E-state index contributed by atoms with van der Waals surface area (Å²) in [4.78, 5) is 0. The number of hydrogen-bond donors (Lipinski definition) is 1. The first kappa shape index (κ1) is 17.0. The third-order valence-electron chi connectivity index (χ3n) is 4.56. The van der Waals surface area contributed by atoms with Gasteiger partial charge in [0.05, 0.1) is 6.10 Å². The molecule has 0 aliphatic heterocycles. The lowest BCUT2D eigenvalue weighted by Gasteiger charge is -2.38. The molecule has 1 rings (SSSR count). The zero-order valence-corrected chi connectivity index (χ0v) is 13.7. The van der Waals surface area contributed by atoms with Crippen LogP contribution >= 0.6 is 0 Å². The molecule has 0 heterocycles. The Morgan fingerprint density at radius 1 is 1.16 bits per heavy atom. The van der Waals surface area contributed by atoms with E-state index in [4.69, 9.17) is 4.74 Å². The Morgan fingerprint density at radius 2 is 1.89 bits per heavy atom. The van der Waals surface area contributed by atoms with Crippen molar-refractivity contribution in [1.82, 2.24) is 5.32 Å². The van der Waals surface area contributed by atoms with Crippen molar-refractivity contribution in [3.05, 3.63) is 0 Å². The number of ether oxygens (including phenoxy) is 1. The molecular weight excluding hydrogens is 234 g/mol. The summed E-state index contributed by atoms with van der Waals surface area (Å²) >= 11 is 0. The third kappa shape index (κ3) is 6.27. The highest BCUT2D eigenvalue weighted by Crippen LogP contribution is 2.35. The second-order valence-electron chi connectivity index (χ2n) is 6.85. The zero-order valence-electron chi connectivity index (χ0n) is 13.7. The summed E-state index contributed by atoms with van der Waals surface area (Å²) in [5.41, 5.74) is 0. The summed E-state index contributed by atoms with van der Waals surface area (Å²) < 4.78 is 5.77. The van der Waals surface area contributed by atoms with Crippen LogP contribution in [0.5, 0.6) is 0 Å². The van der Waals surface area contributed by atoms with E-state index >= 15 is 0 Å². The van der Waals surface area contributed by atoms with E-state index in [-0.39, 0.29) is 0 Å². The molecule has 1 aliphatic rings. The molecule has 1 fully saturated rings. The minimum absolute atomic E-state index is 0.367. The molecular formula is C17H35NO. The van der Waals surface area contributed by atoms with E-state index in [1.165, 1.54) is 38.6 Å². The molecule has 3 atom stereocenters. The third-order valence-corrected chi connectivity index (χ3v) is 4.56. The molecule has 0 bridgehead atoms. The minimum Gasteiger partial charge on any atom is -0.379 e. The van der Waals surface area contributed by atoms with Gasteiger partial charge in [-0.3, -0.25) is 0 Å². The standard InChI is InChI=1S/C17H35NO/c1-6-10-18-17-8-7-15(13(2)3)12-16(17)9-11-19-14(4)5/h13-18H,6-12H2,1-5H3. The Balaban J connectivity index is 2.45. The fourth-order valence-electron chi connectivity index (χ4n) is 3.28. The van der Waals surface area contributed by atoms with Gasteiger partial charge in [0.1, 0.15) is 0 Å². The Morgan fingerprint density at radius 3 is 2.47 bits per heavy atom. The number of nitrogens with one attached hydrogen (secondary N) is 1. The van der Waals surface area contributed by atoms with Crippen LogP contribution in [-0.4, -0.2) is 25.3 Å². The SMILES string of the molecule is CCCNC1CCC(C(C)C)CC1CCOC(C)C. The maximum atomic E-state index is 5.77. The highest BCUT2D eigenvalue weighted by atomic mass is 16.5. The first-order valence-corrected chi connectivity index (χ1v) is 8.39. The van der Waals surface area contributed by atoms with Crippen LogP contribution < -0.4 is 5.32 Å². The zero-order chi connectivity index (χ0) is 14.3. The molecule has 2 heteroatoms. The normalized spacial score (nSPS) is 28.3. The summed E-state index contributed by atoms with van der Waals surface area (Å²) in [7, 11) is 0. The molecule has 0 aromatic rings. The van der Waals surface area contributed by atoms with Crippen molar-refractivity contribution in [2.75, 3.05) is 13.2 Å². The van der Waals surface area contributed by atoms with Gasteiger partial charge in [0.15, 0.2) is 0 Å². The fourth-order valence-corrected chi connectivity index (χ4v) is 3.28. The van der Waals surface area contributed by atoms with E-state index < -0.39 is 0 Å². The van der Waals surface area contributed by atoms with Crippen LogP contribution in [0.15, 0.2) is 0 Å². The van der Waals surface area contributed by atoms with E-state index in [0.717, 1.165) is 30.4 Å². The molecule has 0 amide bonds. The van der Waals surface area contributed by atoms with Gasteiger partial charge in [0, 0.05) is 12.6 Å². The average Bonchev–Trinajstić information content (AvgIpc) is 2.36. The van der Waals surface area contributed by atoms with Crippen molar-refractivity contribution >= 4 is 0 Å². The van der Waals surface area contributed by atoms with Gasteiger partial charge < -0.3 is 10.1 Å². The van der Waals surface area contributed by atoms with Crippen molar-refractivity contribution in [2.45, 2.75) is 78.9 Å².